The van der Waals surface area contributed by atoms with E-state index in [1.165, 1.54) is 24.3 Å². The summed E-state index contributed by atoms with van der Waals surface area (Å²) < 4.78 is 25.9. The van der Waals surface area contributed by atoms with E-state index in [0.29, 0.717) is 11.4 Å². The molecule has 0 saturated carbocycles. The number of hydrogen-bond donors (Lipinski definition) is 2. The topological polar surface area (TPSA) is 87.6 Å². The Hall–Kier alpha value is -1.44. The Balaban J connectivity index is 2.60. The van der Waals surface area contributed by atoms with Gasteiger partial charge in [-0.1, -0.05) is 18.5 Å². The smallest absolute Gasteiger partial charge is 0.255 e. The van der Waals surface area contributed by atoms with Gasteiger partial charge in [0.1, 0.15) is 0 Å². The molecule has 8 heteroatoms. The van der Waals surface area contributed by atoms with Crippen molar-refractivity contribution < 1.29 is 13.2 Å². The van der Waals surface area contributed by atoms with Crippen molar-refractivity contribution in [3.8, 4) is 0 Å². The largest absolute Gasteiger partial charge is 0.272 e. The molecule has 0 saturated heterocycles. The molecule has 0 fully saturated rings. The molecule has 0 unspecified atom stereocenters. The number of sulfonamides is 1. The van der Waals surface area contributed by atoms with E-state index in [2.05, 4.69) is 15.2 Å². The number of rotatable bonds is 6. The summed E-state index contributed by atoms with van der Waals surface area (Å²) in [6.07, 6.45) is 0.705. The lowest BCUT2D eigenvalue weighted by Gasteiger charge is -2.06. The quantitative estimate of drug-likeness (QED) is 0.616. The third-order valence-electron chi connectivity index (χ3n) is 2.43. The Bertz CT molecular complexity index is 597. The number of hydrogen-bond acceptors (Lipinski definition) is 4. The summed E-state index contributed by atoms with van der Waals surface area (Å²) in [6, 6.07) is 5.65. The first kappa shape index (κ1) is 16.6. The number of carbonyl (C=O) groups excluding carboxylic acids is 1. The van der Waals surface area contributed by atoms with Gasteiger partial charge >= 0.3 is 0 Å². The average Bonchev–Trinajstić information content (AvgIpc) is 2.43. The van der Waals surface area contributed by atoms with Crippen LogP contribution in [0.2, 0.25) is 5.02 Å². The van der Waals surface area contributed by atoms with Gasteiger partial charge in [0.25, 0.3) is 5.91 Å². The van der Waals surface area contributed by atoms with Crippen LogP contribution in [0.1, 0.15) is 20.3 Å². The maximum atomic E-state index is 11.9. The summed E-state index contributed by atoms with van der Waals surface area (Å²) in [4.78, 5) is 11.5. The van der Waals surface area contributed by atoms with E-state index in [1.54, 1.807) is 6.92 Å². The second kappa shape index (κ2) is 7.37. The van der Waals surface area contributed by atoms with Crippen molar-refractivity contribution in [1.82, 2.24) is 10.1 Å². The van der Waals surface area contributed by atoms with Gasteiger partial charge in [0.2, 0.25) is 10.0 Å². The van der Waals surface area contributed by atoms with Crippen LogP contribution in [0.3, 0.4) is 0 Å². The maximum absolute atomic E-state index is 11.9. The highest BCUT2D eigenvalue weighted by molar-refractivity contribution is 7.89. The fourth-order valence-electron chi connectivity index (χ4n) is 1.13. The van der Waals surface area contributed by atoms with Crippen molar-refractivity contribution in [3.63, 3.8) is 0 Å². The van der Waals surface area contributed by atoms with Crippen molar-refractivity contribution in [2.24, 2.45) is 5.10 Å². The minimum Gasteiger partial charge on any atom is -0.272 e. The monoisotopic (exact) mass is 317 g/mol. The highest BCUT2D eigenvalue weighted by Gasteiger charge is 2.15. The highest BCUT2D eigenvalue weighted by atomic mass is 35.5. The van der Waals surface area contributed by atoms with Gasteiger partial charge in [-0.15, -0.1) is 0 Å². The molecular weight excluding hydrogens is 302 g/mol. The average molecular weight is 318 g/mol. The number of halogens is 1. The van der Waals surface area contributed by atoms with E-state index in [-0.39, 0.29) is 11.4 Å². The molecule has 2 N–H and O–H groups in total. The fraction of sp³-hybridized carbons (Fsp3) is 0.333. The number of nitrogens with one attached hydrogen (secondary N) is 2. The first-order valence-electron chi connectivity index (χ1n) is 5.92. The highest BCUT2D eigenvalue weighted by Crippen LogP contribution is 2.13. The zero-order valence-electron chi connectivity index (χ0n) is 11.2. The van der Waals surface area contributed by atoms with E-state index in [0.717, 1.165) is 5.71 Å². The first-order chi connectivity index (χ1) is 9.35. The Morgan fingerprint density at radius 3 is 2.45 bits per heavy atom. The fourth-order valence-corrected chi connectivity index (χ4v) is 2.24. The van der Waals surface area contributed by atoms with Gasteiger partial charge in [-0.25, -0.2) is 18.6 Å². The van der Waals surface area contributed by atoms with Gasteiger partial charge in [-0.3, -0.25) is 4.79 Å². The van der Waals surface area contributed by atoms with Crippen LogP contribution in [0.15, 0.2) is 34.3 Å². The third-order valence-corrected chi connectivity index (χ3v) is 4.10. The van der Waals surface area contributed by atoms with Gasteiger partial charge in [0, 0.05) is 10.7 Å². The van der Waals surface area contributed by atoms with Crippen LogP contribution in [0, 0.1) is 0 Å². The number of carbonyl (C=O) groups is 1. The lowest BCUT2D eigenvalue weighted by Crippen LogP contribution is -2.35. The van der Waals surface area contributed by atoms with E-state index >= 15 is 0 Å². The molecule has 6 nitrogen and oxygen atoms in total. The molecule has 0 atom stereocenters. The first-order valence-corrected chi connectivity index (χ1v) is 7.78. The van der Waals surface area contributed by atoms with Gasteiger partial charge in [-0.2, -0.15) is 5.10 Å². The summed E-state index contributed by atoms with van der Waals surface area (Å²) in [5.41, 5.74) is 3.02. The Labute approximate surface area is 123 Å². The van der Waals surface area contributed by atoms with E-state index in [4.69, 9.17) is 11.6 Å². The van der Waals surface area contributed by atoms with Crippen LogP contribution in [0.5, 0.6) is 0 Å². The van der Waals surface area contributed by atoms with Gasteiger partial charge in [0.05, 0.1) is 11.4 Å². The van der Waals surface area contributed by atoms with Crippen LogP contribution >= 0.6 is 11.6 Å². The summed E-state index contributed by atoms with van der Waals surface area (Å²) in [5.74, 6) is -0.532. The van der Waals surface area contributed by atoms with Crippen LogP contribution < -0.4 is 10.1 Å². The van der Waals surface area contributed by atoms with E-state index in [9.17, 15) is 13.2 Å². The third kappa shape index (κ3) is 5.28. The maximum Gasteiger partial charge on any atom is 0.255 e. The molecule has 20 heavy (non-hydrogen) atoms. The normalized spacial score (nSPS) is 12.2. The summed E-state index contributed by atoms with van der Waals surface area (Å²) in [6.45, 7) is 3.28. The minimum atomic E-state index is -3.73. The van der Waals surface area contributed by atoms with Crippen molar-refractivity contribution in [3.05, 3.63) is 29.3 Å². The second-order valence-electron chi connectivity index (χ2n) is 4.01. The van der Waals surface area contributed by atoms with Crippen LogP contribution in [0.25, 0.3) is 0 Å². The molecule has 1 amide bonds. The minimum absolute atomic E-state index is 0.0444. The summed E-state index contributed by atoms with van der Waals surface area (Å²) in [7, 11) is -3.73. The van der Waals surface area contributed by atoms with E-state index in [1.807, 2.05) is 6.92 Å². The predicted octanol–water partition coefficient (Wildman–Crippen LogP) is 1.52. The van der Waals surface area contributed by atoms with Crippen molar-refractivity contribution in [2.45, 2.75) is 25.2 Å². The second-order valence-corrected chi connectivity index (χ2v) is 6.22. The number of benzene rings is 1. The Morgan fingerprint density at radius 1 is 1.30 bits per heavy atom. The molecule has 1 aromatic carbocycles. The standard InChI is InChI=1S/C12H16ClN3O3S/c1-3-9(2)15-16-12(17)8-14-20(18,19)11-6-4-10(13)5-7-11/h4-7,14H,3,8H2,1-2H3,(H,16,17)/b15-9-. The molecule has 0 radical (unpaired) electrons. The molecule has 0 aliphatic rings. The summed E-state index contributed by atoms with van der Waals surface area (Å²) in [5, 5.41) is 4.23. The van der Waals surface area contributed by atoms with Crippen LogP contribution in [-0.4, -0.2) is 26.6 Å². The van der Waals surface area contributed by atoms with Gasteiger partial charge < -0.3 is 0 Å². The zero-order chi connectivity index (χ0) is 15.2. The molecule has 0 aliphatic carbocycles. The lowest BCUT2D eigenvalue weighted by molar-refractivity contribution is -0.119. The number of hydrazone groups is 1. The van der Waals surface area contributed by atoms with Gasteiger partial charge in [-0.05, 0) is 37.6 Å². The van der Waals surface area contributed by atoms with Crippen molar-refractivity contribution >= 4 is 33.2 Å². The van der Waals surface area contributed by atoms with Crippen LogP contribution in [-0.2, 0) is 14.8 Å². The molecule has 0 aromatic heterocycles. The van der Waals surface area contributed by atoms with Crippen molar-refractivity contribution in [1.29, 1.82) is 0 Å². The van der Waals surface area contributed by atoms with E-state index < -0.39 is 15.9 Å². The summed E-state index contributed by atoms with van der Waals surface area (Å²) >= 11 is 5.68. The molecule has 0 spiro atoms. The molecule has 1 rings (SSSR count). The molecule has 0 bridgehead atoms. The Kier molecular flexibility index (Phi) is 6.12. The lowest BCUT2D eigenvalue weighted by atomic mass is 10.3. The molecule has 0 aliphatic heterocycles. The van der Waals surface area contributed by atoms with Gasteiger partial charge in [0.15, 0.2) is 0 Å². The number of amides is 1. The molecule has 0 heterocycles. The predicted molar refractivity (Wildman–Crippen MR) is 78.2 cm³/mol. The van der Waals surface area contributed by atoms with Crippen LogP contribution in [0.4, 0.5) is 0 Å². The SMILES string of the molecule is CC/C(C)=N\NC(=O)CNS(=O)(=O)c1ccc(Cl)cc1. The molecule has 1 aromatic rings. The molecule has 110 valence electrons. The zero-order valence-corrected chi connectivity index (χ0v) is 12.8. The molecular formula is C12H16ClN3O3S. The number of nitrogens with zero attached hydrogens (tertiary/aromatic N) is 1. The Morgan fingerprint density at radius 2 is 1.90 bits per heavy atom. The van der Waals surface area contributed by atoms with Crippen molar-refractivity contribution in [2.75, 3.05) is 6.54 Å².